The summed E-state index contributed by atoms with van der Waals surface area (Å²) in [5, 5.41) is 2.99. The van der Waals surface area contributed by atoms with Crippen LogP contribution in [0.1, 0.15) is 38.3 Å². The molecule has 1 heterocycles. The Morgan fingerprint density at radius 3 is 2.26 bits per heavy atom. The first-order chi connectivity index (χ1) is 20.6. The molecule has 3 aromatic rings. The van der Waals surface area contributed by atoms with Gasteiger partial charge in [0, 0.05) is 25.1 Å². The molecule has 2 amide bonds. The molecule has 0 unspecified atom stereocenters. The van der Waals surface area contributed by atoms with Gasteiger partial charge in [-0.05, 0) is 55.7 Å². The van der Waals surface area contributed by atoms with Crippen molar-refractivity contribution in [2.75, 3.05) is 29.8 Å². The summed E-state index contributed by atoms with van der Waals surface area (Å²) in [4.78, 5) is 29.4. The standard InChI is InChI=1S/C32H38FN3O6S/c1-4-23(3)34-32(38)28(19-24-9-7-6-8-10-24)35(21-25-11-13-26(33)14-12-25)31(37)22-36(43(39,40)5-2)27-15-16-29-30(20-27)42-18-17-41-29/h6-16,20,23,28H,4-5,17-19,21-22H2,1-3H3,(H,34,38)/t23-,28+/m0/s1. The molecule has 0 spiro atoms. The molecule has 4 rings (SSSR count). The van der Waals surface area contributed by atoms with Crippen LogP contribution in [0.3, 0.4) is 0 Å². The van der Waals surface area contributed by atoms with E-state index in [2.05, 4.69) is 5.32 Å². The highest BCUT2D eigenvalue weighted by molar-refractivity contribution is 7.92. The molecular weight excluding hydrogens is 573 g/mol. The molecule has 3 aromatic carbocycles. The van der Waals surface area contributed by atoms with Crippen LogP contribution in [0.4, 0.5) is 10.1 Å². The summed E-state index contributed by atoms with van der Waals surface area (Å²) in [5.41, 5.74) is 1.66. The second kappa shape index (κ2) is 14.4. The molecule has 0 bridgehead atoms. The highest BCUT2D eigenvalue weighted by Gasteiger charge is 2.34. The largest absolute Gasteiger partial charge is 0.486 e. The number of halogens is 1. The lowest BCUT2D eigenvalue weighted by atomic mass is 10.0. The van der Waals surface area contributed by atoms with Crippen molar-refractivity contribution < 1.29 is 31.9 Å². The van der Waals surface area contributed by atoms with Gasteiger partial charge >= 0.3 is 0 Å². The van der Waals surface area contributed by atoms with Gasteiger partial charge in [0.05, 0.1) is 11.4 Å². The van der Waals surface area contributed by atoms with Gasteiger partial charge in [-0.2, -0.15) is 0 Å². The number of anilines is 1. The van der Waals surface area contributed by atoms with Gasteiger partial charge in [0.15, 0.2) is 11.5 Å². The van der Waals surface area contributed by atoms with Crippen LogP contribution in [0.15, 0.2) is 72.8 Å². The lowest BCUT2D eigenvalue weighted by Crippen LogP contribution is -2.54. The summed E-state index contributed by atoms with van der Waals surface area (Å²) in [5.74, 6) is -0.775. The van der Waals surface area contributed by atoms with Gasteiger partial charge in [-0.25, -0.2) is 12.8 Å². The summed E-state index contributed by atoms with van der Waals surface area (Å²) < 4.78 is 52.8. The molecule has 43 heavy (non-hydrogen) atoms. The number of hydrogen-bond donors (Lipinski definition) is 1. The number of hydrogen-bond acceptors (Lipinski definition) is 6. The van der Waals surface area contributed by atoms with Crippen molar-refractivity contribution in [3.05, 3.63) is 89.7 Å². The van der Waals surface area contributed by atoms with Gasteiger partial charge in [-0.15, -0.1) is 0 Å². The lowest BCUT2D eigenvalue weighted by Gasteiger charge is -2.34. The van der Waals surface area contributed by atoms with E-state index in [9.17, 15) is 22.4 Å². The fourth-order valence-corrected chi connectivity index (χ4v) is 5.74. The zero-order chi connectivity index (χ0) is 31.0. The molecule has 11 heteroatoms. The number of carbonyl (C=O) groups is 2. The van der Waals surface area contributed by atoms with Crippen LogP contribution < -0.4 is 19.1 Å². The zero-order valence-corrected chi connectivity index (χ0v) is 25.5. The number of rotatable bonds is 13. The third kappa shape index (κ3) is 8.25. The Morgan fingerprint density at radius 2 is 1.60 bits per heavy atom. The number of benzene rings is 3. The topological polar surface area (TPSA) is 105 Å². The number of carbonyl (C=O) groups excluding carboxylic acids is 2. The van der Waals surface area contributed by atoms with Crippen molar-refractivity contribution in [3.63, 3.8) is 0 Å². The van der Waals surface area contributed by atoms with E-state index in [0.29, 0.717) is 36.7 Å². The molecule has 230 valence electrons. The Balaban J connectivity index is 1.75. The normalized spacial score (nSPS) is 14.0. The summed E-state index contributed by atoms with van der Waals surface area (Å²) in [6.45, 7) is 5.42. The Labute approximate surface area is 252 Å². The second-order valence-electron chi connectivity index (χ2n) is 10.4. The SMILES string of the molecule is CC[C@H](C)NC(=O)[C@@H](Cc1ccccc1)N(Cc1ccc(F)cc1)C(=O)CN(c1ccc2c(c1)OCCO2)S(=O)(=O)CC. The molecule has 0 fully saturated rings. The quantitative estimate of drug-likeness (QED) is 0.309. The minimum Gasteiger partial charge on any atom is -0.486 e. The van der Waals surface area contributed by atoms with Gasteiger partial charge in [-0.3, -0.25) is 13.9 Å². The smallest absolute Gasteiger partial charge is 0.244 e. The number of sulfonamides is 1. The average molecular weight is 612 g/mol. The number of nitrogens with one attached hydrogen (secondary N) is 1. The second-order valence-corrected chi connectivity index (χ2v) is 12.6. The molecule has 0 aromatic heterocycles. The van der Waals surface area contributed by atoms with E-state index in [1.807, 2.05) is 44.2 Å². The zero-order valence-electron chi connectivity index (χ0n) is 24.7. The minimum absolute atomic E-state index is 0.0360. The van der Waals surface area contributed by atoms with Gasteiger partial charge in [0.25, 0.3) is 0 Å². The molecule has 0 saturated heterocycles. The minimum atomic E-state index is -3.94. The van der Waals surface area contributed by atoms with E-state index in [1.165, 1.54) is 30.0 Å². The van der Waals surface area contributed by atoms with Crippen LogP contribution >= 0.6 is 0 Å². The maximum absolute atomic E-state index is 14.3. The Bertz CT molecular complexity index is 1500. The van der Waals surface area contributed by atoms with Gasteiger partial charge in [-0.1, -0.05) is 49.4 Å². The molecule has 1 N–H and O–H groups in total. The molecular formula is C32H38FN3O6S. The maximum atomic E-state index is 14.3. The predicted octanol–water partition coefficient (Wildman–Crippen LogP) is 4.31. The summed E-state index contributed by atoms with van der Waals surface area (Å²) in [6.07, 6.45) is 0.878. The van der Waals surface area contributed by atoms with E-state index in [0.717, 1.165) is 9.87 Å². The first-order valence-corrected chi connectivity index (χ1v) is 16.0. The lowest BCUT2D eigenvalue weighted by molar-refractivity contribution is -0.140. The first kappa shape index (κ1) is 31.8. The van der Waals surface area contributed by atoms with E-state index < -0.39 is 34.3 Å². The van der Waals surface area contributed by atoms with Crippen molar-refractivity contribution in [1.29, 1.82) is 0 Å². The summed E-state index contributed by atoms with van der Waals surface area (Å²) in [7, 11) is -3.94. The molecule has 0 aliphatic carbocycles. The van der Waals surface area contributed by atoms with Gasteiger partial charge in [0.2, 0.25) is 21.8 Å². The summed E-state index contributed by atoms with van der Waals surface area (Å²) in [6, 6.07) is 18.5. The number of amides is 2. The van der Waals surface area contributed by atoms with Crippen LogP contribution in [-0.2, 0) is 32.6 Å². The Kier molecular flexibility index (Phi) is 10.6. The van der Waals surface area contributed by atoms with E-state index in [1.54, 1.807) is 24.3 Å². The monoisotopic (exact) mass is 611 g/mol. The molecule has 1 aliphatic heterocycles. The van der Waals surface area contributed by atoms with Gasteiger partial charge < -0.3 is 19.7 Å². The number of fused-ring (bicyclic) bond motifs is 1. The predicted molar refractivity (Wildman–Crippen MR) is 163 cm³/mol. The maximum Gasteiger partial charge on any atom is 0.244 e. The van der Waals surface area contributed by atoms with E-state index in [-0.39, 0.29) is 36.4 Å². The highest BCUT2D eigenvalue weighted by Crippen LogP contribution is 2.35. The van der Waals surface area contributed by atoms with Gasteiger partial charge in [0.1, 0.15) is 31.6 Å². The van der Waals surface area contributed by atoms with Crippen molar-refractivity contribution >= 4 is 27.5 Å². The van der Waals surface area contributed by atoms with E-state index >= 15 is 0 Å². The Hall–Kier alpha value is -4.12. The van der Waals surface area contributed by atoms with E-state index in [4.69, 9.17) is 9.47 Å². The molecule has 0 radical (unpaired) electrons. The highest BCUT2D eigenvalue weighted by atomic mass is 32.2. The molecule has 0 saturated carbocycles. The van der Waals surface area contributed by atoms with Crippen molar-refractivity contribution in [3.8, 4) is 11.5 Å². The number of ether oxygens (including phenoxy) is 2. The van der Waals surface area contributed by atoms with Crippen LogP contribution in [0.5, 0.6) is 11.5 Å². The van der Waals surface area contributed by atoms with Crippen LogP contribution in [0.2, 0.25) is 0 Å². The van der Waals surface area contributed by atoms with Crippen molar-refractivity contribution in [1.82, 2.24) is 10.2 Å². The molecule has 9 nitrogen and oxygen atoms in total. The Morgan fingerprint density at radius 1 is 0.930 bits per heavy atom. The number of nitrogens with zero attached hydrogens (tertiary/aromatic N) is 2. The van der Waals surface area contributed by atoms with Crippen LogP contribution in [-0.4, -0.2) is 62.7 Å². The summed E-state index contributed by atoms with van der Waals surface area (Å²) >= 11 is 0. The first-order valence-electron chi connectivity index (χ1n) is 14.4. The van der Waals surface area contributed by atoms with Crippen molar-refractivity contribution in [2.24, 2.45) is 0 Å². The molecule has 1 aliphatic rings. The van der Waals surface area contributed by atoms with Crippen LogP contribution in [0.25, 0.3) is 0 Å². The fourth-order valence-electron chi connectivity index (χ4n) is 4.69. The van der Waals surface area contributed by atoms with Crippen molar-refractivity contribution in [2.45, 2.75) is 52.2 Å². The third-order valence-electron chi connectivity index (χ3n) is 7.33. The average Bonchev–Trinajstić information content (AvgIpc) is 3.02. The molecule has 2 atom stereocenters. The third-order valence-corrected chi connectivity index (χ3v) is 9.07. The van der Waals surface area contributed by atoms with Crippen LogP contribution in [0, 0.1) is 5.82 Å². The fraction of sp³-hybridized carbons (Fsp3) is 0.375.